The summed E-state index contributed by atoms with van der Waals surface area (Å²) >= 11 is 0. The molecule has 2 aliphatic rings. The Kier molecular flexibility index (Phi) is 2.18. The van der Waals surface area contributed by atoms with Crippen molar-refractivity contribution >= 4 is 27.7 Å². The van der Waals surface area contributed by atoms with Gasteiger partial charge in [0.25, 0.3) is 15.7 Å². The number of hydrogen-bond acceptors (Lipinski definition) is 5. The molecule has 0 spiro atoms. The third-order valence-corrected chi connectivity index (χ3v) is 4.23. The summed E-state index contributed by atoms with van der Waals surface area (Å²) < 4.78 is 27.0. The van der Waals surface area contributed by atoms with E-state index < -0.39 is 14.9 Å². The van der Waals surface area contributed by atoms with Gasteiger partial charge in [0.1, 0.15) is 11.2 Å². The van der Waals surface area contributed by atoms with Crippen molar-refractivity contribution in [1.82, 2.24) is 0 Å². The van der Waals surface area contributed by atoms with Crippen molar-refractivity contribution in [2.75, 3.05) is 4.90 Å². The molecule has 18 heavy (non-hydrogen) atoms. The van der Waals surface area contributed by atoms with E-state index in [1.54, 1.807) is 4.90 Å². The fourth-order valence-corrected chi connectivity index (χ4v) is 2.92. The van der Waals surface area contributed by atoms with E-state index >= 15 is 0 Å². The van der Waals surface area contributed by atoms with Crippen molar-refractivity contribution in [3.8, 4) is 0 Å². The van der Waals surface area contributed by atoms with Crippen LogP contribution in [0.5, 0.6) is 0 Å². The minimum atomic E-state index is -3.72. The molecule has 1 fully saturated rings. The summed E-state index contributed by atoms with van der Waals surface area (Å²) in [5.41, 5.74) is 0.228. The van der Waals surface area contributed by atoms with Gasteiger partial charge in [0.15, 0.2) is 0 Å². The van der Waals surface area contributed by atoms with Gasteiger partial charge in [0, 0.05) is 18.2 Å². The van der Waals surface area contributed by atoms with Gasteiger partial charge in [0.2, 0.25) is 0 Å². The molecule has 1 saturated carbocycles. The Morgan fingerprint density at radius 3 is 2.72 bits per heavy atom. The van der Waals surface area contributed by atoms with E-state index in [0.29, 0.717) is 5.69 Å². The lowest BCUT2D eigenvalue weighted by Gasteiger charge is -2.24. The van der Waals surface area contributed by atoms with Crippen molar-refractivity contribution in [2.24, 2.45) is 4.40 Å². The zero-order valence-corrected chi connectivity index (χ0v) is 10.0. The zero-order valence-electron chi connectivity index (χ0n) is 9.18. The summed E-state index contributed by atoms with van der Waals surface area (Å²) in [6.07, 6.45) is 3.13. The predicted octanol–water partition coefficient (Wildman–Crippen LogP) is 1.29. The highest BCUT2D eigenvalue weighted by atomic mass is 32.2. The molecule has 3 rings (SSSR count). The van der Waals surface area contributed by atoms with Crippen molar-refractivity contribution in [3.63, 3.8) is 0 Å². The van der Waals surface area contributed by atoms with E-state index in [4.69, 9.17) is 0 Å². The Bertz CT molecular complexity index is 664. The minimum absolute atomic E-state index is 0.0301. The number of rotatable bonds is 2. The first-order chi connectivity index (χ1) is 8.49. The highest BCUT2D eigenvalue weighted by molar-refractivity contribution is 7.90. The topological polar surface area (TPSA) is 92.9 Å². The van der Waals surface area contributed by atoms with E-state index in [9.17, 15) is 18.5 Å². The molecule has 0 saturated heterocycles. The number of fused-ring (bicyclic) bond motifs is 1. The summed E-state index contributed by atoms with van der Waals surface area (Å²) in [5, 5.41) is 10.7. The van der Waals surface area contributed by atoms with E-state index in [-0.39, 0.29) is 16.6 Å². The summed E-state index contributed by atoms with van der Waals surface area (Å²) in [6.45, 7) is 0. The van der Waals surface area contributed by atoms with Crippen molar-refractivity contribution < 1.29 is 13.3 Å². The summed E-state index contributed by atoms with van der Waals surface area (Å²) in [6, 6.07) is 3.91. The zero-order chi connectivity index (χ0) is 12.9. The number of anilines is 1. The van der Waals surface area contributed by atoms with Gasteiger partial charge in [0.05, 0.1) is 10.6 Å². The van der Waals surface area contributed by atoms with Crippen LogP contribution in [-0.4, -0.2) is 25.7 Å². The Labute approximate surface area is 103 Å². The fraction of sp³-hybridized carbons (Fsp3) is 0.300. The number of benzene rings is 1. The third kappa shape index (κ3) is 1.65. The monoisotopic (exact) mass is 267 g/mol. The lowest BCUT2D eigenvalue weighted by Crippen LogP contribution is -2.29. The van der Waals surface area contributed by atoms with Crippen molar-refractivity contribution in [3.05, 3.63) is 28.3 Å². The molecule has 1 heterocycles. The standard InChI is InChI=1S/C10H9N3O4S/c14-13(15)8-3-4-10-9(5-8)12(7-1-2-7)6-11-18(10,16)17/h3-7H,1-2H2. The molecule has 0 bridgehead atoms. The lowest BCUT2D eigenvalue weighted by molar-refractivity contribution is -0.384. The summed E-state index contributed by atoms with van der Waals surface area (Å²) in [7, 11) is -3.72. The SMILES string of the molecule is O=[N+]([O-])c1ccc2c(c1)N(C1CC1)C=NS2(=O)=O. The Hall–Kier alpha value is -1.96. The second kappa shape index (κ2) is 3.52. The fourth-order valence-electron chi connectivity index (χ4n) is 1.91. The number of nitro benzene ring substituents is 1. The van der Waals surface area contributed by atoms with Gasteiger partial charge in [-0.15, -0.1) is 4.40 Å². The van der Waals surface area contributed by atoms with Crippen LogP contribution in [0, 0.1) is 10.1 Å². The van der Waals surface area contributed by atoms with Gasteiger partial charge >= 0.3 is 0 Å². The Morgan fingerprint density at radius 2 is 2.11 bits per heavy atom. The molecule has 0 radical (unpaired) electrons. The number of sulfonamides is 1. The summed E-state index contributed by atoms with van der Waals surface area (Å²) in [5.74, 6) is 0. The lowest BCUT2D eigenvalue weighted by atomic mass is 10.2. The quantitative estimate of drug-likeness (QED) is 0.594. The molecule has 1 aliphatic heterocycles. The predicted molar refractivity (Wildman–Crippen MR) is 64.3 cm³/mol. The maximum atomic E-state index is 11.7. The highest BCUT2D eigenvalue weighted by Gasteiger charge is 2.35. The van der Waals surface area contributed by atoms with E-state index in [0.717, 1.165) is 12.8 Å². The second-order valence-corrected chi connectivity index (χ2v) is 5.84. The van der Waals surface area contributed by atoms with Crippen molar-refractivity contribution in [2.45, 2.75) is 23.8 Å². The van der Waals surface area contributed by atoms with Crippen LogP contribution in [0.15, 0.2) is 27.5 Å². The van der Waals surface area contributed by atoms with Gasteiger partial charge in [-0.05, 0) is 18.9 Å². The van der Waals surface area contributed by atoms with Crippen LogP contribution in [0.1, 0.15) is 12.8 Å². The molecule has 1 aromatic rings. The molecule has 0 aromatic heterocycles. The highest BCUT2D eigenvalue weighted by Crippen LogP contribution is 2.39. The molecule has 1 aromatic carbocycles. The number of hydrogen-bond donors (Lipinski definition) is 0. The van der Waals surface area contributed by atoms with Crippen LogP contribution < -0.4 is 4.90 Å². The van der Waals surface area contributed by atoms with E-state index in [1.165, 1.54) is 24.5 Å². The first kappa shape index (κ1) is 11.1. The van der Waals surface area contributed by atoms with Crippen LogP contribution in [0.3, 0.4) is 0 Å². The molecular weight excluding hydrogens is 258 g/mol. The molecule has 0 N–H and O–H groups in total. The number of nitrogens with zero attached hydrogens (tertiary/aromatic N) is 3. The Balaban J connectivity index is 2.20. The molecule has 7 nitrogen and oxygen atoms in total. The molecule has 0 unspecified atom stereocenters. The van der Waals surface area contributed by atoms with Crippen LogP contribution in [0.4, 0.5) is 11.4 Å². The third-order valence-electron chi connectivity index (χ3n) is 2.96. The maximum Gasteiger partial charge on any atom is 0.285 e. The van der Waals surface area contributed by atoms with Crippen molar-refractivity contribution in [1.29, 1.82) is 0 Å². The van der Waals surface area contributed by atoms with Gasteiger partial charge in [-0.3, -0.25) is 10.1 Å². The summed E-state index contributed by atoms with van der Waals surface area (Å²) in [4.78, 5) is 11.9. The molecule has 94 valence electrons. The van der Waals surface area contributed by atoms with Gasteiger partial charge in [-0.1, -0.05) is 0 Å². The minimum Gasteiger partial charge on any atom is -0.327 e. The molecule has 8 heteroatoms. The smallest absolute Gasteiger partial charge is 0.285 e. The van der Waals surface area contributed by atoms with Gasteiger partial charge in [-0.25, -0.2) is 0 Å². The first-order valence-electron chi connectivity index (χ1n) is 5.36. The molecule has 1 aliphatic carbocycles. The van der Waals surface area contributed by atoms with Crippen LogP contribution >= 0.6 is 0 Å². The van der Waals surface area contributed by atoms with Crippen LogP contribution in [0.2, 0.25) is 0 Å². The van der Waals surface area contributed by atoms with Gasteiger partial charge in [-0.2, -0.15) is 8.42 Å². The average Bonchev–Trinajstić information content (AvgIpc) is 3.12. The molecular formula is C10H9N3O4S. The first-order valence-corrected chi connectivity index (χ1v) is 6.80. The van der Waals surface area contributed by atoms with Crippen LogP contribution in [0.25, 0.3) is 0 Å². The maximum absolute atomic E-state index is 11.7. The van der Waals surface area contributed by atoms with E-state index in [1.807, 2.05) is 0 Å². The average molecular weight is 267 g/mol. The second-order valence-electron chi connectivity index (χ2n) is 4.24. The largest absolute Gasteiger partial charge is 0.327 e. The van der Waals surface area contributed by atoms with E-state index in [2.05, 4.69) is 4.40 Å². The Morgan fingerprint density at radius 1 is 1.39 bits per heavy atom. The molecule has 0 atom stereocenters. The van der Waals surface area contributed by atoms with Crippen LogP contribution in [-0.2, 0) is 10.0 Å². The molecule has 0 amide bonds. The number of nitro groups is 1. The number of non-ortho nitro benzene ring substituents is 1. The normalized spacial score (nSPS) is 20.6. The van der Waals surface area contributed by atoms with Gasteiger partial charge < -0.3 is 4.90 Å².